The van der Waals surface area contributed by atoms with Crippen molar-refractivity contribution >= 4 is 45.8 Å². The van der Waals surface area contributed by atoms with Crippen LogP contribution in [-0.4, -0.2) is 63.2 Å². The Balaban J connectivity index is 1.18. The van der Waals surface area contributed by atoms with E-state index in [1.54, 1.807) is 11.8 Å². The molecule has 4 heterocycles. The van der Waals surface area contributed by atoms with Crippen molar-refractivity contribution in [2.24, 2.45) is 0 Å². The van der Waals surface area contributed by atoms with E-state index in [9.17, 15) is 0 Å². The van der Waals surface area contributed by atoms with Crippen LogP contribution in [0.2, 0.25) is 0 Å². The minimum absolute atomic E-state index is 0.486. The molecule has 0 radical (unpaired) electrons. The summed E-state index contributed by atoms with van der Waals surface area (Å²) in [5, 5.41) is 6.70. The molecule has 2 saturated carbocycles. The summed E-state index contributed by atoms with van der Waals surface area (Å²) in [5.41, 5.74) is 2.42. The lowest BCUT2D eigenvalue weighted by Crippen LogP contribution is -2.47. The first-order valence-corrected chi connectivity index (χ1v) is 14.1. The first kappa shape index (κ1) is 21.9. The first-order chi connectivity index (χ1) is 17.8. The van der Waals surface area contributed by atoms with Crippen LogP contribution in [0.4, 0.5) is 23.1 Å². The number of pyridine rings is 1. The third-order valence-corrected chi connectivity index (χ3v) is 7.89. The van der Waals surface area contributed by atoms with E-state index in [1.807, 2.05) is 18.5 Å². The lowest BCUT2D eigenvalue weighted by Gasteiger charge is -2.36. The molecule has 36 heavy (non-hydrogen) atoms. The molecule has 4 aromatic rings. The van der Waals surface area contributed by atoms with Gasteiger partial charge in [0, 0.05) is 55.6 Å². The number of aromatic nitrogens is 5. The van der Waals surface area contributed by atoms with Gasteiger partial charge < -0.3 is 14.7 Å². The second-order valence-corrected chi connectivity index (χ2v) is 10.7. The molecule has 3 aromatic heterocycles. The van der Waals surface area contributed by atoms with Gasteiger partial charge >= 0.3 is 0 Å². The Bertz CT molecular complexity index is 1370. The average molecular weight is 499 g/mol. The van der Waals surface area contributed by atoms with Gasteiger partial charge in [0.25, 0.3) is 0 Å². The number of anilines is 4. The summed E-state index contributed by atoms with van der Waals surface area (Å²) in [4.78, 5) is 21.6. The molecule has 0 amide bonds. The molecular weight excluding hydrogens is 468 g/mol. The molecular formula is C27H30N8S. The molecule has 8 nitrogen and oxygen atoms in total. The van der Waals surface area contributed by atoms with Crippen molar-refractivity contribution in [1.82, 2.24) is 24.7 Å². The lowest BCUT2D eigenvalue weighted by molar-refractivity contribution is 0.637. The Morgan fingerprint density at radius 1 is 0.889 bits per heavy atom. The molecule has 2 aliphatic carbocycles. The highest BCUT2D eigenvalue weighted by molar-refractivity contribution is 7.98. The van der Waals surface area contributed by atoms with Crippen LogP contribution in [0.5, 0.6) is 0 Å². The van der Waals surface area contributed by atoms with E-state index in [2.05, 4.69) is 72.1 Å². The largest absolute Gasteiger partial charge is 0.353 e. The van der Waals surface area contributed by atoms with Crippen LogP contribution in [-0.2, 0) is 0 Å². The molecule has 7 rings (SSSR count). The number of thioether (sulfide) groups is 1. The van der Waals surface area contributed by atoms with Crippen molar-refractivity contribution < 1.29 is 0 Å². The highest BCUT2D eigenvalue weighted by Crippen LogP contribution is 2.41. The van der Waals surface area contributed by atoms with Crippen LogP contribution < -0.4 is 14.7 Å². The summed E-state index contributed by atoms with van der Waals surface area (Å²) < 4.78 is 2.19. The predicted molar refractivity (Wildman–Crippen MR) is 146 cm³/mol. The van der Waals surface area contributed by atoms with Crippen molar-refractivity contribution in [2.75, 3.05) is 47.1 Å². The van der Waals surface area contributed by atoms with Gasteiger partial charge in [-0.3, -0.25) is 4.68 Å². The highest BCUT2D eigenvalue weighted by Gasteiger charge is 2.33. The fourth-order valence-corrected chi connectivity index (χ4v) is 5.52. The standard InChI is InChI=1S/C27H30N8S/c1-36-27-30-25(33-14-12-32(13-15-33)24-4-2-3-11-28-24)17-26(31-27)34(20-5-6-20)22-9-10-23-19(16-22)18-29-35(23)21-7-8-21/h2-4,9-11,16-18,20-21H,5-8,12-15H2,1H3. The monoisotopic (exact) mass is 498 g/mol. The Hall–Kier alpha value is -3.33. The Morgan fingerprint density at radius 2 is 1.69 bits per heavy atom. The zero-order valence-corrected chi connectivity index (χ0v) is 21.3. The molecule has 3 aliphatic rings. The summed E-state index contributed by atoms with van der Waals surface area (Å²) in [6.45, 7) is 3.69. The molecule has 1 saturated heterocycles. The normalized spacial score (nSPS) is 18.1. The predicted octanol–water partition coefficient (Wildman–Crippen LogP) is 4.91. The van der Waals surface area contributed by atoms with Crippen molar-refractivity contribution in [3.05, 3.63) is 54.9 Å². The smallest absolute Gasteiger partial charge is 0.191 e. The second-order valence-electron chi connectivity index (χ2n) is 9.90. The fourth-order valence-electron chi connectivity index (χ4n) is 5.15. The zero-order valence-electron chi connectivity index (χ0n) is 20.5. The maximum Gasteiger partial charge on any atom is 0.191 e. The quantitative estimate of drug-likeness (QED) is 0.263. The number of hydrogen-bond donors (Lipinski definition) is 0. The SMILES string of the molecule is CSc1nc(N2CCN(c3ccccn3)CC2)cc(N(c2ccc3c(cnn3C3CC3)c2)C2CC2)n1. The van der Waals surface area contributed by atoms with Crippen LogP contribution in [0.15, 0.2) is 60.0 Å². The van der Waals surface area contributed by atoms with E-state index in [4.69, 9.17) is 9.97 Å². The number of benzene rings is 1. The Labute approximate surface area is 215 Å². The van der Waals surface area contributed by atoms with E-state index in [1.165, 1.54) is 42.3 Å². The summed E-state index contributed by atoms with van der Waals surface area (Å²) in [6, 6.07) is 16.1. The minimum atomic E-state index is 0.486. The molecule has 184 valence electrons. The van der Waals surface area contributed by atoms with Crippen molar-refractivity contribution in [2.45, 2.75) is 42.9 Å². The van der Waals surface area contributed by atoms with Crippen molar-refractivity contribution in [3.8, 4) is 0 Å². The molecule has 0 N–H and O–H groups in total. The summed E-state index contributed by atoms with van der Waals surface area (Å²) in [5.74, 6) is 3.05. The molecule has 3 fully saturated rings. The number of rotatable bonds is 7. The van der Waals surface area contributed by atoms with Crippen LogP contribution >= 0.6 is 11.8 Å². The third kappa shape index (κ3) is 4.15. The van der Waals surface area contributed by atoms with Gasteiger partial charge in [-0.1, -0.05) is 17.8 Å². The van der Waals surface area contributed by atoms with Gasteiger partial charge in [-0.05, 0) is 62.3 Å². The van der Waals surface area contributed by atoms with Crippen LogP contribution in [0.25, 0.3) is 10.9 Å². The second kappa shape index (κ2) is 8.96. The van der Waals surface area contributed by atoms with Gasteiger partial charge in [-0.25, -0.2) is 15.0 Å². The number of nitrogens with zero attached hydrogens (tertiary/aromatic N) is 8. The van der Waals surface area contributed by atoms with E-state index in [0.29, 0.717) is 12.1 Å². The lowest BCUT2D eigenvalue weighted by atomic mass is 10.2. The molecule has 1 aliphatic heterocycles. The Kier molecular flexibility index (Phi) is 5.45. The Morgan fingerprint density at radius 3 is 2.39 bits per heavy atom. The number of fused-ring (bicyclic) bond motifs is 1. The zero-order chi connectivity index (χ0) is 24.1. The van der Waals surface area contributed by atoms with Gasteiger partial charge in [0.15, 0.2) is 5.16 Å². The third-order valence-electron chi connectivity index (χ3n) is 7.35. The molecule has 1 aromatic carbocycles. The minimum Gasteiger partial charge on any atom is -0.353 e. The van der Waals surface area contributed by atoms with Crippen LogP contribution in [0, 0.1) is 0 Å². The molecule has 9 heteroatoms. The van der Waals surface area contributed by atoms with Gasteiger partial charge in [0.2, 0.25) is 0 Å². The summed E-state index contributed by atoms with van der Waals surface area (Å²) in [6.07, 6.45) is 10.8. The molecule has 0 spiro atoms. The topological polar surface area (TPSA) is 66.2 Å². The van der Waals surface area contributed by atoms with Gasteiger partial charge in [0.1, 0.15) is 17.5 Å². The van der Waals surface area contributed by atoms with Gasteiger partial charge in [0.05, 0.1) is 17.8 Å². The summed E-state index contributed by atoms with van der Waals surface area (Å²) >= 11 is 1.61. The van der Waals surface area contributed by atoms with Crippen LogP contribution in [0.3, 0.4) is 0 Å². The highest BCUT2D eigenvalue weighted by atomic mass is 32.2. The molecule has 0 bridgehead atoms. The van der Waals surface area contributed by atoms with Gasteiger partial charge in [-0.2, -0.15) is 5.10 Å². The molecule has 0 unspecified atom stereocenters. The average Bonchev–Trinajstić information content (AvgIpc) is 3.88. The van der Waals surface area contributed by atoms with Gasteiger partial charge in [-0.15, -0.1) is 0 Å². The number of piperazine rings is 1. The van der Waals surface area contributed by atoms with E-state index < -0.39 is 0 Å². The first-order valence-electron chi connectivity index (χ1n) is 12.9. The summed E-state index contributed by atoms with van der Waals surface area (Å²) in [7, 11) is 0. The van der Waals surface area contributed by atoms with E-state index in [0.717, 1.165) is 48.8 Å². The van der Waals surface area contributed by atoms with Crippen LogP contribution in [0.1, 0.15) is 31.7 Å². The molecule has 0 atom stereocenters. The number of hydrogen-bond acceptors (Lipinski definition) is 8. The van der Waals surface area contributed by atoms with E-state index >= 15 is 0 Å². The maximum atomic E-state index is 4.98. The fraction of sp³-hybridized carbons (Fsp3) is 0.407. The van der Waals surface area contributed by atoms with Crippen molar-refractivity contribution in [3.63, 3.8) is 0 Å². The van der Waals surface area contributed by atoms with E-state index in [-0.39, 0.29) is 0 Å². The van der Waals surface area contributed by atoms with Crippen molar-refractivity contribution in [1.29, 1.82) is 0 Å². The maximum absolute atomic E-state index is 4.98.